The number of hydrogen-bond donors (Lipinski definition) is 0. The van der Waals surface area contributed by atoms with Crippen molar-refractivity contribution in [1.29, 1.82) is 0 Å². The maximum absolute atomic E-state index is 2.41. The highest BCUT2D eigenvalue weighted by Gasteiger charge is 2.21. The van der Waals surface area contributed by atoms with Crippen molar-refractivity contribution in [2.75, 3.05) is 0 Å². The second-order valence-electron chi connectivity index (χ2n) is 30.6. The fourth-order valence-corrected chi connectivity index (χ4v) is 18.4. The molecule has 117 heavy (non-hydrogen) atoms. The second kappa shape index (κ2) is 29.0. The smallest absolute Gasteiger partial charge is 0.0547 e. The third-order valence-corrected chi connectivity index (χ3v) is 23.9. The minimum absolute atomic E-state index is 1.17. The molecule has 0 atom stereocenters. The zero-order valence-electron chi connectivity index (χ0n) is 64.1. The van der Waals surface area contributed by atoms with Crippen molar-refractivity contribution in [2.24, 2.45) is 0 Å². The fourth-order valence-electron chi connectivity index (χ4n) is 18.4. The molecule has 0 fully saturated rings. The molecule has 0 aliphatic carbocycles. The van der Waals surface area contributed by atoms with Crippen molar-refractivity contribution >= 4 is 130 Å². The quantitative estimate of drug-likeness (QED) is 0.137. The predicted octanol–water partition coefficient (Wildman–Crippen LogP) is 31.3. The van der Waals surface area contributed by atoms with Crippen LogP contribution in [-0.2, 0) is 0 Å². The Labute approximate surface area is 678 Å². The maximum atomic E-state index is 2.41. The molecular weight excluding hydrogens is 1410 g/mol. The highest BCUT2D eigenvalue weighted by molar-refractivity contribution is 6.25. The summed E-state index contributed by atoms with van der Waals surface area (Å²) in [6.07, 6.45) is 0. The fraction of sp³-hybridized carbons (Fsp3) is 0. The van der Waals surface area contributed by atoms with Gasteiger partial charge in [-0.25, -0.2) is 0 Å². The molecule has 0 spiro atoms. The van der Waals surface area contributed by atoms with Crippen LogP contribution in [0.2, 0.25) is 0 Å². The Morgan fingerprint density at radius 2 is 0.393 bits per heavy atom. The summed E-state index contributed by atoms with van der Waals surface area (Å²) in [6.45, 7) is 0. The molecule has 3 aromatic heterocycles. The number of aromatic nitrogens is 3. The van der Waals surface area contributed by atoms with Crippen LogP contribution in [0.15, 0.2) is 455 Å². The summed E-state index contributed by atoms with van der Waals surface area (Å²) in [6, 6.07) is 165. The lowest BCUT2D eigenvalue weighted by Crippen LogP contribution is -1.93. The summed E-state index contributed by atoms with van der Waals surface area (Å²) in [5.41, 5.74) is 25.8. The van der Waals surface area contributed by atoms with E-state index in [9.17, 15) is 0 Å². The van der Waals surface area contributed by atoms with Gasteiger partial charge in [-0.1, -0.05) is 358 Å². The van der Waals surface area contributed by atoms with Gasteiger partial charge in [0.2, 0.25) is 0 Å². The number of hydrogen-bond acceptors (Lipinski definition) is 0. The van der Waals surface area contributed by atoms with Crippen LogP contribution in [-0.4, -0.2) is 13.7 Å². The molecule has 0 saturated carbocycles. The lowest BCUT2D eigenvalue weighted by atomic mass is 9.95. The van der Waals surface area contributed by atoms with E-state index in [1.807, 2.05) is 0 Å². The zero-order chi connectivity index (χ0) is 77.3. The van der Waals surface area contributed by atoms with Crippen LogP contribution in [0.5, 0.6) is 0 Å². The Bertz CT molecular complexity index is 7930. The Hall–Kier alpha value is -15.4. The summed E-state index contributed by atoms with van der Waals surface area (Å²) >= 11 is 0. The largest absolute Gasteiger partial charge is 0.309 e. The molecule has 24 rings (SSSR count). The molecule has 3 heterocycles. The van der Waals surface area contributed by atoms with E-state index in [4.69, 9.17) is 0 Å². The van der Waals surface area contributed by atoms with E-state index in [-0.39, 0.29) is 0 Å². The predicted molar refractivity (Wildman–Crippen MR) is 500 cm³/mol. The van der Waals surface area contributed by atoms with Gasteiger partial charge < -0.3 is 13.7 Å². The van der Waals surface area contributed by atoms with Gasteiger partial charge in [0.05, 0.1) is 33.1 Å². The van der Waals surface area contributed by atoms with Gasteiger partial charge in [-0.2, -0.15) is 0 Å². The molecule has 0 N–H and O–H groups in total. The summed E-state index contributed by atoms with van der Waals surface area (Å²) < 4.78 is 7.21. The molecule has 0 aliphatic heterocycles. The van der Waals surface area contributed by atoms with Gasteiger partial charge in [0.15, 0.2) is 0 Å². The summed E-state index contributed by atoms with van der Waals surface area (Å²) in [5.74, 6) is 0. The van der Waals surface area contributed by atoms with E-state index in [1.165, 1.54) is 214 Å². The van der Waals surface area contributed by atoms with Crippen LogP contribution in [0, 0.1) is 0 Å². The lowest BCUT2D eigenvalue weighted by Gasteiger charge is -2.11. The van der Waals surface area contributed by atoms with Crippen molar-refractivity contribution in [3.63, 3.8) is 0 Å². The van der Waals surface area contributed by atoms with Crippen molar-refractivity contribution in [2.45, 2.75) is 0 Å². The third-order valence-electron chi connectivity index (χ3n) is 23.9. The van der Waals surface area contributed by atoms with E-state index in [0.717, 1.165) is 0 Å². The number of para-hydroxylation sites is 3. The molecule has 3 nitrogen and oxygen atoms in total. The molecule has 3 heteroatoms. The van der Waals surface area contributed by atoms with Gasteiger partial charge in [0.25, 0.3) is 0 Å². The van der Waals surface area contributed by atoms with Gasteiger partial charge in [-0.15, -0.1) is 0 Å². The van der Waals surface area contributed by atoms with E-state index in [2.05, 4.69) is 469 Å². The minimum Gasteiger partial charge on any atom is -0.309 e. The molecule has 0 amide bonds. The normalized spacial score (nSPS) is 11.6. The van der Waals surface area contributed by atoms with Crippen LogP contribution in [0.25, 0.3) is 214 Å². The standard InChI is InChI=1S/3C38H25N/c1-2-9-26(10-3-1)27-17-21-31(22-18-27)39-36-16-7-6-14-35(36)38-34-23-19-29(25-30(34)20-24-37(38)39)33-15-8-12-28-11-4-5-13-32(28)33;1-2-9-26(10-3-1)27-19-22-31(23-20-27)39-36-16-7-6-14-34(36)38-35-25-30(18-17-29(35)21-24-37(38)39)33-15-8-12-28-11-4-5-13-32(28)33;1-2-8-26(9-3-1)28-16-20-33(21-17-28)39-36-13-7-6-12-35(36)38-34-22-18-31(25-32(34)19-23-37(38)39)30-15-14-27-10-4-5-11-29(27)24-30/h3*1-25H. The Balaban J connectivity index is 0.000000106. The topological polar surface area (TPSA) is 14.8 Å². The van der Waals surface area contributed by atoms with Crippen molar-refractivity contribution < 1.29 is 0 Å². The number of nitrogens with zero attached hydrogens (tertiary/aromatic N) is 3. The third kappa shape index (κ3) is 12.2. The molecule has 0 bridgehead atoms. The molecular formula is C114H75N3. The second-order valence-corrected chi connectivity index (χ2v) is 30.6. The number of rotatable bonds is 9. The van der Waals surface area contributed by atoms with E-state index in [0.29, 0.717) is 0 Å². The highest BCUT2D eigenvalue weighted by Crippen LogP contribution is 2.44. The Kier molecular flexibility index (Phi) is 16.9. The van der Waals surface area contributed by atoms with Gasteiger partial charge in [-0.3, -0.25) is 0 Å². The van der Waals surface area contributed by atoms with Crippen molar-refractivity contribution in [3.8, 4) is 83.8 Å². The molecule has 0 saturated heterocycles. The van der Waals surface area contributed by atoms with Gasteiger partial charge in [0, 0.05) is 49.4 Å². The van der Waals surface area contributed by atoms with Crippen LogP contribution in [0.4, 0.5) is 0 Å². The molecule has 21 aromatic carbocycles. The molecule has 24 aromatic rings. The van der Waals surface area contributed by atoms with Crippen molar-refractivity contribution in [1.82, 2.24) is 13.7 Å². The van der Waals surface area contributed by atoms with Crippen LogP contribution in [0.1, 0.15) is 0 Å². The van der Waals surface area contributed by atoms with E-state index in [1.54, 1.807) is 0 Å². The van der Waals surface area contributed by atoms with Crippen LogP contribution >= 0.6 is 0 Å². The lowest BCUT2D eigenvalue weighted by molar-refractivity contribution is 1.18. The van der Waals surface area contributed by atoms with Gasteiger partial charge >= 0.3 is 0 Å². The van der Waals surface area contributed by atoms with E-state index >= 15 is 0 Å². The van der Waals surface area contributed by atoms with E-state index < -0.39 is 0 Å². The monoisotopic (exact) mass is 1490 g/mol. The highest BCUT2D eigenvalue weighted by atomic mass is 15.0. The molecule has 546 valence electrons. The summed E-state index contributed by atoms with van der Waals surface area (Å²) in [7, 11) is 0. The molecule has 0 radical (unpaired) electrons. The van der Waals surface area contributed by atoms with Gasteiger partial charge in [0.1, 0.15) is 0 Å². The SMILES string of the molecule is c1ccc(-c2ccc(-n3c4ccccc4c4c5cc(-c6cccc7ccccc67)ccc5ccc43)cc2)cc1.c1ccc(-c2ccc(-n3c4ccccc4c4c5ccc(-c6ccc7ccccc7c6)cc5ccc43)cc2)cc1.c1ccc(-c2ccc(-n3c4ccccc4c4c5ccc(-c6cccc7ccccc67)cc5ccc43)cc2)cc1. The Morgan fingerprint density at radius 3 is 0.838 bits per heavy atom. The average Bonchev–Trinajstić information content (AvgIpc) is 1.59. The Morgan fingerprint density at radius 1 is 0.120 bits per heavy atom. The van der Waals surface area contributed by atoms with Crippen molar-refractivity contribution in [3.05, 3.63) is 455 Å². The average molecular weight is 1490 g/mol. The van der Waals surface area contributed by atoms with Gasteiger partial charge in [-0.05, 0) is 228 Å². The van der Waals surface area contributed by atoms with Crippen LogP contribution < -0.4 is 0 Å². The first kappa shape index (κ1) is 68.4. The first-order chi connectivity index (χ1) is 58.0. The first-order valence-corrected chi connectivity index (χ1v) is 40.3. The number of benzene rings is 21. The molecule has 0 aliphatic rings. The first-order valence-electron chi connectivity index (χ1n) is 40.3. The zero-order valence-corrected chi connectivity index (χ0v) is 64.1. The summed E-state index contributed by atoms with van der Waals surface area (Å²) in [5, 5.41) is 23.0. The summed E-state index contributed by atoms with van der Waals surface area (Å²) in [4.78, 5) is 0. The molecule has 0 unspecified atom stereocenters. The minimum atomic E-state index is 1.17. The number of fused-ring (bicyclic) bond motifs is 18. The maximum Gasteiger partial charge on any atom is 0.0547 e. The van der Waals surface area contributed by atoms with Crippen LogP contribution in [0.3, 0.4) is 0 Å².